The monoisotopic (exact) mass is 444 g/mol. The molecule has 0 aromatic heterocycles. The van der Waals surface area contributed by atoms with E-state index in [4.69, 9.17) is 16.3 Å². The number of hydrogen-bond donors (Lipinski definition) is 1. The van der Waals surface area contributed by atoms with E-state index in [2.05, 4.69) is 19.2 Å². The Kier molecular flexibility index (Phi) is 9.38. The normalized spacial score (nSPS) is 12.0. The van der Waals surface area contributed by atoms with Crippen LogP contribution in [-0.4, -0.2) is 35.9 Å². The number of carbonyl (C=O) groups is 2. The minimum atomic E-state index is -0.658. The summed E-state index contributed by atoms with van der Waals surface area (Å²) < 4.78 is 5.72. The Labute approximate surface area is 190 Å². The number of rotatable bonds is 10. The van der Waals surface area contributed by atoms with Crippen molar-refractivity contribution in [3.63, 3.8) is 0 Å². The van der Waals surface area contributed by atoms with E-state index in [0.717, 1.165) is 5.56 Å². The van der Waals surface area contributed by atoms with Gasteiger partial charge in [0.15, 0.2) is 6.61 Å². The molecule has 168 valence electrons. The van der Waals surface area contributed by atoms with Crippen molar-refractivity contribution in [1.82, 2.24) is 10.2 Å². The average Bonchev–Trinajstić information content (AvgIpc) is 2.75. The molecule has 0 aliphatic rings. The van der Waals surface area contributed by atoms with Crippen molar-refractivity contribution in [2.24, 2.45) is 5.92 Å². The summed E-state index contributed by atoms with van der Waals surface area (Å²) >= 11 is 6.30. The fraction of sp³-hybridized carbons (Fsp3) is 0.440. The highest BCUT2D eigenvalue weighted by Crippen LogP contribution is 2.20. The lowest BCUT2D eigenvalue weighted by Crippen LogP contribution is -2.49. The molecule has 0 aliphatic carbocycles. The molecule has 0 radical (unpaired) electrons. The predicted octanol–water partition coefficient (Wildman–Crippen LogP) is 5.03. The maximum absolute atomic E-state index is 13.1. The van der Waals surface area contributed by atoms with Crippen LogP contribution in [0.4, 0.5) is 0 Å². The van der Waals surface area contributed by atoms with Crippen LogP contribution in [0.15, 0.2) is 48.5 Å². The second-order valence-electron chi connectivity index (χ2n) is 8.44. The van der Waals surface area contributed by atoms with Crippen LogP contribution in [0.25, 0.3) is 0 Å². The fourth-order valence-electron chi connectivity index (χ4n) is 3.02. The molecule has 31 heavy (non-hydrogen) atoms. The van der Waals surface area contributed by atoms with Crippen molar-refractivity contribution in [2.75, 3.05) is 13.2 Å². The van der Waals surface area contributed by atoms with Crippen molar-refractivity contribution in [3.05, 3.63) is 64.7 Å². The lowest BCUT2D eigenvalue weighted by molar-refractivity contribution is -0.142. The Morgan fingerprint density at radius 2 is 1.65 bits per heavy atom. The van der Waals surface area contributed by atoms with Crippen LogP contribution < -0.4 is 10.1 Å². The van der Waals surface area contributed by atoms with Crippen LogP contribution in [0, 0.1) is 5.92 Å². The molecule has 0 saturated heterocycles. The smallest absolute Gasteiger partial charge is 0.261 e. The van der Waals surface area contributed by atoms with Gasteiger partial charge in [-0.05, 0) is 48.1 Å². The van der Waals surface area contributed by atoms with Crippen LogP contribution in [0.2, 0.25) is 5.02 Å². The van der Waals surface area contributed by atoms with Crippen LogP contribution in [0.3, 0.4) is 0 Å². The van der Waals surface area contributed by atoms with Crippen molar-refractivity contribution in [2.45, 2.75) is 53.1 Å². The molecule has 1 atom stereocenters. The van der Waals surface area contributed by atoms with Gasteiger partial charge in [-0.15, -0.1) is 0 Å². The molecule has 0 aliphatic heterocycles. The standard InChI is InChI=1S/C25H33ClN2O3/c1-17(2)14-27-25(30)19(5)28(15-21-8-6-7-9-23(21)26)24(29)16-31-22-12-10-20(11-13-22)18(3)4/h6-13,17-19H,14-16H2,1-5H3,(H,27,30)/t19-/m1/s1. The fourth-order valence-corrected chi connectivity index (χ4v) is 3.22. The van der Waals surface area contributed by atoms with E-state index in [-0.39, 0.29) is 25.0 Å². The number of ether oxygens (including phenoxy) is 1. The van der Waals surface area contributed by atoms with E-state index in [1.807, 2.05) is 56.3 Å². The second-order valence-corrected chi connectivity index (χ2v) is 8.85. The first kappa shape index (κ1) is 24.7. The van der Waals surface area contributed by atoms with Crippen LogP contribution in [0.1, 0.15) is 51.7 Å². The Hall–Kier alpha value is -2.53. The SMILES string of the molecule is CC(C)CNC(=O)[C@@H](C)N(Cc1ccccc1Cl)C(=O)COc1ccc(C(C)C)cc1. The third-order valence-electron chi connectivity index (χ3n) is 5.06. The number of benzene rings is 2. The third kappa shape index (κ3) is 7.59. The van der Waals surface area contributed by atoms with E-state index in [9.17, 15) is 9.59 Å². The van der Waals surface area contributed by atoms with Crippen LogP contribution in [0.5, 0.6) is 5.75 Å². The molecule has 0 saturated carbocycles. The van der Waals surface area contributed by atoms with Gasteiger partial charge in [0.2, 0.25) is 5.91 Å². The first-order valence-corrected chi connectivity index (χ1v) is 11.1. The maximum atomic E-state index is 13.1. The number of hydrogen-bond acceptors (Lipinski definition) is 3. The molecule has 1 N–H and O–H groups in total. The number of carbonyl (C=O) groups excluding carboxylic acids is 2. The summed E-state index contributed by atoms with van der Waals surface area (Å²) in [6, 6.07) is 14.4. The minimum absolute atomic E-state index is 0.159. The summed E-state index contributed by atoms with van der Waals surface area (Å²) in [6.07, 6.45) is 0. The second kappa shape index (κ2) is 11.8. The minimum Gasteiger partial charge on any atom is -0.484 e. The van der Waals surface area contributed by atoms with Crippen molar-refractivity contribution in [1.29, 1.82) is 0 Å². The molecule has 0 bridgehead atoms. The van der Waals surface area contributed by atoms with E-state index in [1.165, 1.54) is 10.5 Å². The summed E-state index contributed by atoms with van der Waals surface area (Å²) in [5, 5.41) is 3.46. The van der Waals surface area contributed by atoms with Crippen LogP contribution in [-0.2, 0) is 16.1 Å². The van der Waals surface area contributed by atoms with Gasteiger partial charge in [0.05, 0.1) is 0 Å². The van der Waals surface area contributed by atoms with E-state index >= 15 is 0 Å². The molecular weight excluding hydrogens is 412 g/mol. The molecule has 6 heteroatoms. The van der Waals surface area contributed by atoms with Gasteiger partial charge in [-0.3, -0.25) is 9.59 Å². The number of amides is 2. The van der Waals surface area contributed by atoms with E-state index < -0.39 is 6.04 Å². The van der Waals surface area contributed by atoms with E-state index in [0.29, 0.717) is 29.2 Å². The summed E-state index contributed by atoms with van der Waals surface area (Å²) in [7, 11) is 0. The van der Waals surface area contributed by atoms with Gasteiger partial charge in [0.25, 0.3) is 5.91 Å². The quantitative estimate of drug-likeness (QED) is 0.559. The molecular formula is C25H33ClN2O3. The first-order chi connectivity index (χ1) is 14.7. The lowest BCUT2D eigenvalue weighted by Gasteiger charge is -2.29. The Morgan fingerprint density at radius 3 is 2.23 bits per heavy atom. The highest BCUT2D eigenvalue weighted by molar-refractivity contribution is 6.31. The van der Waals surface area contributed by atoms with Gasteiger partial charge in [-0.25, -0.2) is 0 Å². The van der Waals surface area contributed by atoms with Gasteiger partial charge in [0, 0.05) is 18.1 Å². The van der Waals surface area contributed by atoms with Gasteiger partial charge in [0.1, 0.15) is 11.8 Å². The predicted molar refractivity (Wildman–Crippen MR) is 125 cm³/mol. The molecule has 0 spiro atoms. The largest absolute Gasteiger partial charge is 0.484 e. The molecule has 2 aromatic rings. The van der Waals surface area contributed by atoms with Crippen molar-refractivity contribution >= 4 is 23.4 Å². The van der Waals surface area contributed by atoms with E-state index in [1.54, 1.807) is 13.0 Å². The van der Waals surface area contributed by atoms with Gasteiger partial charge < -0.3 is 15.0 Å². The Bertz CT molecular complexity index is 865. The molecule has 0 unspecified atom stereocenters. The topological polar surface area (TPSA) is 58.6 Å². The zero-order valence-electron chi connectivity index (χ0n) is 19.0. The molecule has 2 amide bonds. The molecule has 0 heterocycles. The van der Waals surface area contributed by atoms with Gasteiger partial charge in [-0.2, -0.15) is 0 Å². The van der Waals surface area contributed by atoms with Crippen molar-refractivity contribution < 1.29 is 14.3 Å². The summed E-state index contributed by atoms with van der Waals surface area (Å²) in [4.78, 5) is 27.2. The zero-order chi connectivity index (χ0) is 23.0. The summed E-state index contributed by atoms with van der Waals surface area (Å²) in [6.45, 7) is 10.6. The first-order valence-electron chi connectivity index (χ1n) is 10.7. The molecule has 5 nitrogen and oxygen atoms in total. The molecule has 0 fully saturated rings. The highest BCUT2D eigenvalue weighted by atomic mass is 35.5. The third-order valence-corrected chi connectivity index (χ3v) is 5.43. The molecule has 2 rings (SSSR count). The maximum Gasteiger partial charge on any atom is 0.261 e. The van der Waals surface area contributed by atoms with Crippen molar-refractivity contribution in [3.8, 4) is 5.75 Å². The Balaban J connectivity index is 2.12. The highest BCUT2D eigenvalue weighted by Gasteiger charge is 2.27. The average molecular weight is 445 g/mol. The summed E-state index contributed by atoms with van der Waals surface area (Å²) in [5.41, 5.74) is 1.98. The number of nitrogens with zero attached hydrogens (tertiary/aromatic N) is 1. The number of nitrogens with one attached hydrogen (secondary N) is 1. The lowest BCUT2D eigenvalue weighted by atomic mass is 10.0. The van der Waals surface area contributed by atoms with Gasteiger partial charge in [-0.1, -0.05) is 69.6 Å². The Morgan fingerprint density at radius 1 is 1.00 bits per heavy atom. The van der Waals surface area contributed by atoms with Crippen LogP contribution >= 0.6 is 11.6 Å². The number of halogens is 1. The van der Waals surface area contributed by atoms with Gasteiger partial charge >= 0.3 is 0 Å². The molecule has 2 aromatic carbocycles. The summed E-state index contributed by atoms with van der Waals surface area (Å²) in [5.74, 6) is 0.885. The zero-order valence-corrected chi connectivity index (χ0v) is 19.8.